The fourth-order valence-electron chi connectivity index (χ4n) is 2.15. The summed E-state index contributed by atoms with van der Waals surface area (Å²) in [6, 6.07) is 0. The van der Waals surface area contributed by atoms with Crippen molar-refractivity contribution < 1.29 is 5.11 Å². The highest BCUT2D eigenvalue weighted by Gasteiger charge is 2.28. The zero-order chi connectivity index (χ0) is 14.2. The van der Waals surface area contributed by atoms with Crippen LogP contribution >= 0.6 is 11.6 Å². The summed E-state index contributed by atoms with van der Waals surface area (Å²) in [6.07, 6.45) is 6.36. The molecule has 0 radical (unpaired) electrons. The molecule has 1 fully saturated rings. The molecule has 0 bridgehead atoms. The zero-order valence-corrected chi connectivity index (χ0v) is 11.8. The third-order valence-electron chi connectivity index (χ3n) is 3.44. The molecule has 20 heavy (non-hydrogen) atoms. The van der Waals surface area contributed by atoms with E-state index < -0.39 is 5.60 Å². The predicted octanol–water partition coefficient (Wildman–Crippen LogP) is 1.06. The molecule has 2 aromatic heterocycles. The lowest BCUT2D eigenvalue weighted by atomic mass is 9.94. The molecular weight excluding hydrogens is 280 g/mol. The van der Waals surface area contributed by atoms with E-state index in [1.54, 1.807) is 23.3 Å². The Morgan fingerprint density at radius 1 is 1.20 bits per heavy atom. The second-order valence-electron chi connectivity index (χ2n) is 5.16. The number of aliphatic hydroxyl groups is 1. The normalized spacial score (nSPS) is 18.2. The molecule has 1 aliphatic heterocycles. The summed E-state index contributed by atoms with van der Waals surface area (Å²) >= 11 is 5.97. The van der Waals surface area contributed by atoms with Crippen molar-refractivity contribution in [2.45, 2.75) is 25.4 Å². The van der Waals surface area contributed by atoms with Crippen molar-refractivity contribution in [1.82, 2.24) is 24.5 Å². The van der Waals surface area contributed by atoms with Gasteiger partial charge in [-0.25, -0.2) is 4.98 Å². The van der Waals surface area contributed by atoms with Gasteiger partial charge in [0.1, 0.15) is 6.33 Å². The highest BCUT2D eigenvalue weighted by atomic mass is 35.5. The first-order valence-electron chi connectivity index (χ1n) is 6.41. The summed E-state index contributed by atoms with van der Waals surface area (Å²) in [7, 11) is 0. The van der Waals surface area contributed by atoms with E-state index in [2.05, 4.69) is 19.9 Å². The van der Waals surface area contributed by atoms with Crippen molar-refractivity contribution in [1.29, 1.82) is 0 Å². The smallest absolute Gasteiger partial charge is 0.241 e. The summed E-state index contributed by atoms with van der Waals surface area (Å²) < 4.78 is 1.68. The molecular formula is C12H15ClN6O. The number of aromatic nitrogens is 5. The van der Waals surface area contributed by atoms with Gasteiger partial charge in [-0.15, -0.1) is 0 Å². The van der Waals surface area contributed by atoms with E-state index in [-0.39, 0.29) is 5.28 Å². The van der Waals surface area contributed by atoms with Crippen molar-refractivity contribution in [3.8, 4) is 5.95 Å². The van der Waals surface area contributed by atoms with Gasteiger partial charge >= 0.3 is 0 Å². The lowest BCUT2D eigenvalue weighted by molar-refractivity contribution is 0.0349. The largest absolute Gasteiger partial charge is 0.390 e. The van der Waals surface area contributed by atoms with E-state index in [9.17, 15) is 5.11 Å². The lowest BCUT2D eigenvalue weighted by Crippen LogP contribution is -2.43. The van der Waals surface area contributed by atoms with Crippen LogP contribution < -0.4 is 4.90 Å². The first kappa shape index (κ1) is 13.3. The zero-order valence-electron chi connectivity index (χ0n) is 11.1. The second-order valence-corrected chi connectivity index (χ2v) is 5.50. The Hall–Kier alpha value is -1.73. The molecule has 0 atom stereocenters. The molecule has 0 aliphatic carbocycles. The van der Waals surface area contributed by atoms with Crippen LogP contribution in [0.4, 0.5) is 5.95 Å². The van der Waals surface area contributed by atoms with E-state index in [0.29, 0.717) is 37.8 Å². The Morgan fingerprint density at radius 3 is 2.55 bits per heavy atom. The predicted molar refractivity (Wildman–Crippen MR) is 74.0 cm³/mol. The van der Waals surface area contributed by atoms with Gasteiger partial charge in [-0.05, 0) is 31.4 Å². The van der Waals surface area contributed by atoms with Gasteiger partial charge in [-0.2, -0.15) is 15.0 Å². The van der Waals surface area contributed by atoms with Gasteiger partial charge in [-0.1, -0.05) is 0 Å². The molecule has 106 valence electrons. The third kappa shape index (κ3) is 2.73. The van der Waals surface area contributed by atoms with Crippen LogP contribution in [0.3, 0.4) is 0 Å². The quantitative estimate of drug-likeness (QED) is 0.892. The Balaban J connectivity index is 1.87. The minimum atomic E-state index is -0.611. The van der Waals surface area contributed by atoms with E-state index >= 15 is 0 Å². The molecule has 8 heteroatoms. The minimum absolute atomic E-state index is 0.149. The van der Waals surface area contributed by atoms with Crippen molar-refractivity contribution in [3.63, 3.8) is 0 Å². The Labute approximate surface area is 121 Å². The maximum Gasteiger partial charge on any atom is 0.241 e. The van der Waals surface area contributed by atoms with Gasteiger partial charge in [0.05, 0.1) is 5.60 Å². The number of piperidine rings is 1. The summed E-state index contributed by atoms with van der Waals surface area (Å²) in [5.41, 5.74) is -0.611. The van der Waals surface area contributed by atoms with Gasteiger partial charge in [0.15, 0.2) is 0 Å². The van der Waals surface area contributed by atoms with E-state index in [1.165, 1.54) is 0 Å². The number of rotatable bonds is 2. The van der Waals surface area contributed by atoms with Gasteiger partial charge in [0.25, 0.3) is 0 Å². The molecule has 0 unspecified atom stereocenters. The number of nitrogens with zero attached hydrogens (tertiary/aromatic N) is 6. The standard InChI is InChI=1S/C12H15ClN6O/c1-12(20)2-5-18(6-3-12)10-15-9(13)16-11(17-10)19-7-4-14-8-19/h4,7-8,20H,2-3,5-6H2,1H3. The first-order valence-corrected chi connectivity index (χ1v) is 6.79. The summed E-state index contributed by atoms with van der Waals surface area (Å²) in [5, 5.41) is 10.1. The van der Waals surface area contributed by atoms with Crippen LogP contribution in [0.1, 0.15) is 19.8 Å². The molecule has 7 nitrogen and oxygen atoms in total. The van der Waals surface area contributed by atoms with Crippen LogP contribution in [0, 0.1) is 0 Å². The molecule has 1 saturated heterocycles. The number of halogens is 1. The highest BCUT2D eigenvalue weighted by molar-refractivity contribution is 6.28. The molecule has 0 saturated carbocycles. The second kappa shape index (κ2) is 4.99. The lowest BCUT2D eigenvalue weighted by Gasteiger charge is -2.35. The molecule has 2 aromatic rings. The van der Waals surface area contributed by atoms with Crippen molar-refractivity contribution >= 4 is 17.5 Å². The van der Waals surface area contributed by atoms with Crippen LogP contribution in [0.15, 0.2) is 18.7 Å². The Kier molecular flexibility index (Phi) is 3.31. The van der Waals surface area contributed by atoms with Crippen LogP contribution in [0.25, 0.3) is 5.95 Å². The van der Waals surface area contributed by atoms with E-state index in [4.69, 9.17) is 11.6 Å². The van der Waals surface area contributed by atoms with Gasteiger partial charge in [0, 0.05) is 25.5 Å². The topological polar surface area (TPSA) is 80.0 Å². The first-order chi connectivity index (χ1) is 9.53. The number of hydrogen-bond acceptors (Lipinski definition) is 6. The molecule has 1 aliphatic rings. The van der Waals surface area contributed by atoms with Crippen LogP contribution in [-0.4, -0.2) is 48.3 Å². The fourth-order valence-corrected chi connectivity index (χ4v) is 2.30. The minimum Gasteiger partial charge on any atom is -0.390 e. The summed E-state index contributed by atoms with van der Waals surface area (Å²) in [4.78, 5) is 18.6. The van der Waals surface area contributed by atoms with E-state index in [0.717, 1.165) is 0 Å². The molecule has 1 N–H and O–H groups in total. The van der Waals surface area contributed by atoms with E-state index in [1.807, 2.05) is 11.8 Å². The average Bonchev–Trinajstić information content (AvgIpc) is 2.91. The molecule has 3 heterocycles. The average molecular weight is 295 g/mol. The fraction of sp³-hybridized carbons (Fsp3) is 0.500. The third-order valence-corrected chi connectivity index (χ3v) is 3.61. The maximum absolute atomic E-state index is 9.98. The van der Waals surface area contributed by atoms with Crippen LogP contribution in [-0.2, 0) is 0 Å². The number of imidazole rings is 1. The molecule has 0 amide bonds. The Bertz CT molecular complexity index is 590. The SMILES string of the molecule is CC1(O)CCN(c2nc(Cl)nc(-n3ccnc3)n2)CC1. The van der Waals surface area contributed by atoms with Gasteiger partial charge < -0.3 is 10.0 Å². The number of hydrogen-bond donors (Lipinski definition) is 1. The summed E-state index contributed by atoms with van der Waals surface area (Å²) in [5.74, 6) is 0.971. The van der Waals surface area contributed by atoms with Gasteiger partial charge in [0.2, 0.25) is 17.2 Å². The highest BCUT2D eigenvalue weighted by Crippen LogP contribution is 2.24. The van der Waals surface area contributed by atoms with Gasteiger partial charge in [-0.3, -0.25) is 4.57 Å². The van der Waals surface area contributed by atoms with Crippen molar-refractivity contribution in [2.75, 3.05) is 18.0 Å². The molecule has 0 spiro atoms. The van der Waals surface area contributed by atoms with Crippen molar-refractivity contribution in [2.24, 2.45) is 0 Å². The monoisotopic (exact) mass is 294 g/mol. The number of anilines is 1. The van der Waals surface area contributed by atoms with Crippen LogP contribution in [0.2, 0.25) is 5.28 Å². The summed E-state index contributed by atoms with van der Waals surface area (Å²) in [6.45, 7) is 3.23. The molecule has 3 rings (SSSR count). The maximum atomic E-state index is 9.98. The van der Waals surface area contributed by atoms with Crippen LogP contribution in [0.5, 0.6) is 0 Å². The van der Waals surface area contributed by atoms with Crippen molar-refractivity contribution in [3.05, 3.63) is 24.0 Å². The molecule has 0 aromatic carbocycles. The Morgan fingerprint density at radius 2 is 1.90 bits per heavy atom.